The Morgan fingerprint density at radius 1 is 1.33 bits per heavy atom. The second kappa shape index (κ2) is 7.49. The summed E-state index contributed by atoms with van der Waals surface area (Å²) >= 11 is 0. The molecule has 2 N–H and O–H groups in total. The third-order valence-corrected chi connectivity index (χ3v) is 4.05. The monoisotopic (exact) mass is 332 g/mol. The summed E-state index contributed by atoms with van der Waals surface area (Å²) in [5.41, 5.74) is 1.33. The number of para-hydroxylation sites is 1. The molecule has 1 unspecified atom stereocenters. The zero-order valence-corrected chi connectivity index (χ0v) is 14.3. The minimum absolute atomic E-state index is 0.152. The molecule has 0 fully saturated rings. The van der Waals surface area contributed by atoms with E-state index in [4.69, 9.17) is 9.84 Å². The molecule has 0 saturated heterocycles. The van der Waals surface area contributed by atoms with Gasteiger partial charge in [-0.05, 0) is 25.0 Å². The number of hydrogen-bond donors (Lipinski definition) is 2. The molecule has 0 aliphatic rings. The number of fused-ring (bicyclic) bond motifs is 1. The molecular formula is C18H24N2O4. The molecule has 1 heterocycles. The molecule has 0 spiro atoms. The number of aliphatic carboxylic acids is 1. The molecule has 24 heavy (non-hydrogen) atoms. The van der Waals surface area contributed by atoms with Crippen molar-refractivity contribution in [2.75, 3.05) is 13.7 Å². The van der Waals surface area contributed by atoms with Crippen molar-refractivity contribution >= 4 is 22.8 Å². The van der Waals surface area contributed by atoms with Crippen molar-refractivity contribution in [3.63, 3.8) is 0 Å². The van der Waals surface area contributed by atoms with Crippen LogP contribution in [0.15, 0.2) is 30.5 Å². The maximum Gasteiger partial charge on any atom is 0.305 e. The molecule has 0 radical (unpaired) electrons. The number of nitrogens with one attached hydrogen (secondary N) is 1. The van der Waals surface area contributed by atoms with E-state index in [1.54, 1.807) is 6.92 Å². The highest BCUT2D eigenvalue weighted by molar-refractivity contribution is 5.85. The number of carbonyl (C=O) groups excluding carboxylic acids is 1. The van der Waals surface area contributed by atoms with Crippen molar-refractivity contribution in [3.8, 4) is 0 Å². The summed E-state index contributed by atoms with van der Waals surface area (Å²) in [4.78, 5) is 23.3. The predicted octanol–water partition coefficient (Wildman–Crippen LogP) is 2.11. The summed E-state index contributed by atoms with van der Waals surface area (Å²) in [5, 5.41) is 12.9. The van der Waals surface area contributed by atoms with Crippen LogP contribution in [0.25, 0.3) is 10.9 Å². The Hall–Kier alpha value is -2.34. The predicted molar refractivity (Wildman–Crippen MR) is 91.9 cm³/mol. The quantitative estimate of drug-likeness (QED) is 0.776. The van der Waals surface area contributed by atoms with Gasteiger partial charge in [0.25, 0.3) is 0 Å². The van der Waals surface area contributed by atoms with Crippen LogP contribution in [0.4, 0.5) is 0 Å². The molecule has 0 bridgehead atoms. The van der Waals surface area contributed by atoms with Gasteiger partial charge in [0.15, 0.2) is 0 Å². The normalized spacial score (nSPS) is 13.6. The third-order valence-electron chi connectivity index (χ3n) is 4.05. The highest BCUT2D eigenvalue weighted by Crippen LogP contribution is 2.21. The molecule has 0 aliphatic heterocycles. The lowest BCUT2D eigenvalue weighted by Gasteiger charge is -2.28. The first-order valence-corrected chi connectivity index (χ1v) is 7.89. The van der Waals surface area contributed by atoms with Crippen LogP contribution in [0.1, 0.15) is 25.3 Å². The fourth-order valence-electron chi connectivity index (χ4n) is 3.06. The zero-order chi connectivity index (χ0) is 17.7. The second-order valence-electron chi connectivity index (χ2n) is 6.39. The van der Waals surface area contributed by atoms with Gasteiger partial charge >= 0.3 is 5.97 Å². The largest absolute Gasteiger partial charge is 0.481 e. The fraction of sp³-hybridized carbons (Fsp3) is 0.444. The number of amides is 1. The first kappa shape index (κ1) is 18.0. The number of aromatic nitrogens is 1. The summed E-state index contributed by atoms with van der Waals surface area (Å²) in [6.07, 6.45) is 2.75. The molecule has 2 aromatic rings. The Morgan fingerprint density at radius 3 is 2.71 bits per heavy atom. The minimum atomic E-state index is -0.969. The number of aryl methyl sites for hydroxylation is 2. The van der Waals surface area contributed by atoms with Crippen molar-refractivity contribution in [2.24, 2.45) is 7.05 Å². The van der Waals surface area contributed by atoms with E-state index in [0.717, 1.165) is 16.5 Å². The maximum atomic E-state index is 12.3. The highest BCUT2D eigenvalue weighted by atomic mass is 16.5. The first-order valence-electron chi connectivity index (χ1n) is 7.89. The van der Waals surface area contributed by atoms with Crippen molar-refractivity contribution in [3.05, 3.63) is 36.0 Å². The number of hydrogen-bond acceptors (Lipinski definition) is 3. The SMILES string of the molecule is COCC(C)(CC(=O)O)NC(=O)CCc1cn(C)c2ccccc12. The Morgan fingerprint density at radius 2 is 2.04 bits per heavy atom. The summed E-state index contributed by atoms with van der Waals surface area (Å²) in [6.45, 7) is 1.83. The molecule has 6 nitrogen and oxygen atoms in total. The maximum absolute atomic E-state index is 12.3. The summed E-state index contributed by atoms with van der Waals surface area (Å²) in [5.74, 6) is -1.15. The number of ether oxygens (including phenoxy) is 1. The van der Waals surface area contributed by atoms with Crippen LogP contribution in [-0.4, -0.2) is 40.8 Å². The molecule has 1 atom stereocenters. The molecule has 6 heteroatoms. The van der Waals surface area contributed by atoms with E-state index >= 15 is 0 Å². The number of carbonyl (C=O) groups is 2. The lowest BCUT2D eigenvalue weighted by atomic mass is 9.98. The van der Waals surface area contributed by atoms with Crippen LogP contribution in [0, 0.1) is 0 Å². The third kappa shape index (κ3) is 4.35. The smallest absolute Gasteiger partial charge is 0.305 e. The van der Waals surface area contributed by atoms with E-state index < -0.39 is 11.5 Å². The van der Waals surface area contributed by atoms with E-state index in [-0.39, 0.29) is 18.9 Å². The summed E-state index contributed by atoms with van der Waals surface area (Å²) in [6, 6.07) is 8.05. The van der Waals surface area contributed by atoms with E-state index in [9.17, 15) is 9.59 Å². The Kier molecular flexibility index (Phi) is 5.62. The number of methoxy groups -OCH3 is 1. The molecule has 1 amide bonds. The van der Waals surface area contributed by atoms with Crippen molar-refractivity contribution < 1.29 is 19.4 Å². The van der Waals surface area contributed by atoms with Crippen molar-refractivity contribution in [2.45, 2.75) is 31.7 Å². The van der Waals surface area contributed by atoms with Crippen molar-refractivity contribution in [1.82, 2.24) is 9.88 Å². The van der Waals surface area contributed by atoms with Gasteiger partial charge in [-0.1, -0.05) is 18.2 Å². The summed E-state index contributed by atoms with van der Waals surface area (Å²) in [7, 11) is 3.47. The Balaban J connectivity index is 2.02. The van der Waals surface area contributed by atoms with Crippen LogP contribution < -0.4 is 5.32 Å². The van der Waals surface area contributed by atoms with Crippen LogP contribution in [0.3, 0.4) is 0 Å². The molecule has 1 aromatic heterocycles. The molecule has 0 saturated carbocycles. The van der Waals surface area contributed by atoms with Gasteiger partial charge in [0.05, 0.1) is 18.6 Å². The van der Waals surface area contributed by atoms with Crippen molar-refractivity contribution in [1.29, 1.82) is 0 Å². The van der Waals surface area contributed by atoms with E-state index in [1.165, 1.54) is 7.11 Å². The van der Waals surface area contributed by atoms with E-state index in [0.29, 0.717) is 12.8 Å². The van der Waals surface area contributed by atoms with Crippen LogP contribution in [-0.2, 0) is 27.8 Å². The van der Waals surface area contributed by atoms with Crippen LogP contribution in [0.2, 0.25) is 0 Å². The molecular weight excluding hydrogens is 308 g/mol. The molecule has 1 aromatic carbocycles. The van der Waals surface area contributed by atoms with Gasteiger partial charge in [0.2, 0.25) is 5.91 Å². The van der Waals surface area contributed by atoms with Gasteiger partial charge in [-0.15, -0.1) is 0 Å². The van der Waals surface area contributed by atoms with Gasteiger partial charge in [-0.2, -0.15) is 0 Å². The standard InChI is InChI=1S/C18H24N2O4/c1-18(12-24-3,10-17(22)23)19-16(21)9-8-13-11-20(2)15-7-5-4-6-14(13)15/h4-7,11H,8-10,12H2,1-3H3,(H,19,21)(H,22,23). The Labute approximate surface area is 141 Å². The van der Waals surface area contributed by atoms with E-state index in [2.05, 4.69) is 5.32 Å². The van der Waals surface area contributed by atoms with Crippen LogP contribution in [0.5, 0.6) is 0 Å². The van der Waals surface area contributed by atoms with Gasteiger partial charge in [0, 0.05) is 37.7 Å². The molecule has 2 rings (SSSR count). The highest BCUT2D eigenvalue weighted by Gasteiger charge is 2.29. The topological polar surface area (TPSA) is 80.6 Å². The summed E-state index contributed by atoms with van der Waals surface area (Å²) < 4.78 is 7.09. The van der Waals surface area contributed by atoms with Gasteiger partial charge < -0.3 is 19.7 Å². The fourth-order valence-corrected chi connectivity index (χ4v) is 3.06. The zero-order valence-electron chi connectivity index (χ0n) is 14.3. The number of carboxylic acid groups (broad SMARTS) is 1. The molecule has 0 aliphatic carbocycles. The minimum Gasteiger partial charge on any atom is -0.481 e. The van der Waals surface area contributed by atoms with Crippen LogP contribution >= 0.6 is 0 Å². The van der Waals surface area contributed by atoms with Gasteiger partial charge in [-0.25, -0.2) is 0 Å². The van der Waals surface area contributed by atoms with Gasteiger partial charge in [-0.3, -0.25) is 9.59 Å². The number of benzene rings is 1. The average molecular weight is 332 g/mol. The van der Waals surface area contributed by atoms with E-state index in [1.807, 2.05) is 42.1 Å². The number of carboxylic acids is 1. The number of nitrogens with zero attached hydrogens (tertiary/aromatic N) is 1. The lowest BCUT2D eigenvalue weighted by Crippen LogP contribution is -2.50. The lowest BCUT2D eigenvalue weighted by molar-refractivity contribution is -0.139. The number of rotatable bonds is 8. The Bertz CT molecular complexity index is 738. The average Bonchev–Trinajstić information content (AvgIpc) is 2.81. The first-order chi connectivity index (χ1) is 11.3. The molecule has 130 valence electrons. The van der Waals surface area contributed by atoms with Gasteiger partial charge in [0.1, 0.15) is 0 Å². The second-order valence-corrected chi connectivity index (χ2v) is 6.39.